The first-order valence-corrected chi connectivity index (χ1v) is 8.55. The molecule has 1 saturated heterocycles. The third kappa shape index (κ3) is 5.50. The van der Waals surface area contributed by atoms with E-state index in [4.69, 9.17) is 14.2 Å². The summed E-state index contributed by atoms with van der Waals surface area (Å²) >= 11 is 0. The molecule has 0 radical (unpaired) electrons. The number of hydrogen-bond acceptors (Lipinski definition) is 4. The molecule has 25 heavy (non-hydrogen) atoms. The lowest BCUT2D eigenvalue weighted by Crippen LogP contribution is -2.35. The van der Waals surface area contributed by atoms with Crippen molar-refractivity contribution >= 4 is 5.91 Å². The molecule has 132 valence electrons. The molecule has 0 unspecified atom stereocenters. The zero-order valence-corrected chi connectivity index (χ0v) is 14.4. The quantitative estimate of drug-likeness (QED) is 0.838. The summed E-state index contributed by atoms with van der Waals surface area (Å²) in [6, 6.07) is 15.1. The number of hydrogen-bond donors (Lipinski definition) is 1. The molecule has 2 aromatic carbocycles. The number of nitrogens with one attached hydrogen (secondary N) is 1. The maximum Gasteiger partial charge on any atom is 0.258 e. The fourth-order valence-electron chi connectivity index (χ4n) is 2.58. The van der Waals surface area contributed by atoms with Crippen molar-refractivity contribution in [3.05, 3.63) is 54.1 Å². The SMILES string of the molecule is Cc1ccc(Oc2ccc(OCC(=O)NC[C@H]3CCCO3)cc2)cc1. The van der Waals surface area contributed by atoms with E-state index in [-0.39, 0.29) is 18.6 Å². The molecule has 2 aromatic rings. The van der Waals surface area contributed by atoms with Crippen LogP contribution in [0.4, 0.5) is 0 Å². The highest BCUT2D eigenvalue weighted by Gasteiger charge is 2.16. The van der Waals surface area contributed by atoms with E-state index in [2.05, 4.69) is 5.32 Å². The fourth-order valence-corrected chi connectivity index (χ4v) is 2.58. The first-order chi connectivity index (χ1) is 12.2. The van der Waals surface area contributed by atoms with Crippen LogP contribution >= 0.6 is 0 Å². The van der Waals surface area contributed by atoms with Crippen molar-refractivity contribution in [3.8, 4) is 17.2 Å². The van der Waals surface area contributed by atoms with E-state index in [0.29, 0.717) is 12.3 Å². The van der Waals surface area contributed by atoms with Crippen LogP contribution in [0.25, 0.3) is 0 Å². The molecule has 0 aliphatic carbocycles. The summed E-state index contributed by atoms with van der Waals surface area (Å²) in [6.45, 7) is 3.36. The molecule has 1 heterocycles. The van der Waals surface area contributed by atoms with Crippen LogP contribution in [0.3, 0.4) is 0 Å². The molecule has 1 aliphatic rings. The van der Waals surface area contributed by atoms with E-state index < -0.39 is 0 Å². The molecule has 1 N–H and O–H groups in total. The predicted octanol–water partition coefficient (Wildman–Crippen LogP) is 3.46. The van der Waals surface area contributed by atoms with Gasteiger partial charge in [-0.2, -0.15) is 0 Å². The van der Waals surface area contributed by atoms with E-state index in [9.17, 15) is 4.79 Å². The van der Waals surface area contributed by atoms with Gasteiger partial charge in [0.15, 0.2) is 6.61 Å². The fraction of sp³-hybridized carbons (Fsp3) is 0.350. The Morgan fingerprint density at radius 1 is 1.08 bits per heavy atom. The Morgan fingerprint density at radius 3 is 2.36 bits per heavy atom. The van der Waals surface area contributed by atoms with Gasteiger partial charge in [-0.05, 0) is 56.2 Å². The molecule has 0 saturated carbocycles. The van der Waals surface area contributed by atoms with Gasteiger partial charge in [-0.25, -0.2) is 0 Å². The average Bonchev–Trinajstić information content (AvgIpc) is 3.15. The number of rotatable bonds is 7. The lowest BCUT2D eigenvalue weighted by atomic mass is 10.2. The van der Waals surface area contributed by atoms with Gasteiger partial charge < -0.3 is 19.5 Å². The summed E-state index contributed by atoms with van der Waals surface area (Å²) in [6.07, 6.45) is 2.21. The highest BCUT2D eigenvalue weighted by molar-refractivity contribution is 5.77. The van der Waals surface area contributed by atoms with E-state index >= 15 is 0 Å². The second-order valence-corrected chi connectivity index (χ2v) is 6.11. The van der Waals surface area contributed by atoms with Gasteiger partial charge >= 0.3 is 0 Å². The van der Waals surface area contributed by atoms with Crippen LogP contribution < -0.4 is 14.8 Å². The first kappa shape index (κ1) is 17.3. The molecular weight excluding hydrogens is 318 g/mol. The third-order valence-electron chi connectivity index (χ3n) is 4.00. The molecule has 0 bridgehead atoms. The Hall–Kier alpha value is -2.53. The van der Waals surface area contributed by atoms with Crippen molar-refractivity contribution in [1.29, 1.82) is 0 Å². The average molecular weight is 341 g/mol. The number of carbonyl (C=O) groups excluding carboxylic acids is 1. The van der Waals surface area contributed by atoms with E-state index in [1.165, 1.54) is 5.56 Å². The Balaban J connectivity index is 1.42. The zero-order valence-electron chi connectivity index (χ0n) is 14.4. The van der Waals surface area contributed by atoms with Gasteiger partial charge in [-0.15, -0.1) is 0 Å². The minimum Gasteiger partial charge on any atom is -0.484 e. The second-order valence-electron chi connectivity index (χ2n) is 6.11. The number of benzene rings is 2. The molecule has 5 nitrogen and oxygen atoms in total. The largest absolute Gasteiger partial charge is 0.484 e. The summed E-state index contributed by atoms with van der Waals surface area (Å²) in [7, 11) is 0. The maximum absolute atomic E-state index is 11.8. The minimum atomic E-state index is -0.143. The summed E-state index contributed by atoms with van der Waals surface area (Å²) in [5.74, 6) is 1.99. The van der Waals surface area contributed by atoms with Crippen molar-refractivity contribution < 1.29 is 19.0 Å². The lowest BCUT2D eigenvalue weighted by molar-refractivity contribution is -0.123. The summed E-state index contributed by atoms with van der Waals surface area (Å²) in [5.41, 5.74) is 1.19. The third-order valence-corrected chi connectivity index (χ3v) is 4.00. The standard InChI is InChI=1S/C20H23NO4/c1-15-4-6-17(7-5-15)25-18-10-8-16(9-11-18)24-14-20(22)21-13-19-3-2-12-23-19/h4-11,19H,2-3,12-14H2,1H3,(H,21,22)/t19-/m1/s1. The molecule has 1 amide bonds. The molecule has 5 heteroatoms. The van der Waals surface area contributed by atoms with Crippen LogP contribution in [0, 0.1) is 6.92 Å². The van der Waals surface area contributed by atoms with Crippen LogP contribution in [-0.4, -0.2) is 31.8 Å². The lowest BCUT2D eigenvalue weighted by Gasteiger charge is -2.11. The monoisotopic (exact) mass is 341 g/mol. The van der Waals surface area contributed by atoms with Crippen molar-refractivity contribution in [1.82, 2.24) is 5.32 Å². The Morgan fingerprint density at radius 2 is 1.72 bits per heavy atom. The van der Waals surface area contributed by atoms with Crippen molar-refractivity contribution in [2.45, 2.75) is 25.9 Å². The van der Waals surface area contributed by atoms with Crippen LogP contribution in [0.1, 0.15) is 18.4 Å². The van der Waals surface area contributed by atoms with Crippen molar-refractivity contribution in [2.75, 3.05) is 19.8 Å². The Kier molecular flexibility index (Phi) is 5.90. The Labute approximate surface area is 147 Å². The smallest absolute Gasteiger partial charge is 0.258 e. The highest BCUT2D eigenvalue weighted by Crippen LogP contribution is 2.24. The Bertz CT molecular complexity index is 676. The van der Waals surface area contributed by atoms with Crippen LogP contribution in [0.15, 0.2) is 48.5 Å². The molecule has 3 rings (SSSR count). The zero-order chi connectivity index (χ0) is 17.5. The van der Waals surface area contributed by atoms with Crippen molar-refractivity contribution in [2.24, 2.45) is 0 Å². The number of aryl methyl sites for hydroxylation is 1. The molecule has 1 fully saturated rings. The predicted molar refractivity (Wildman–Crippen MR) is 95.2 cm³/mol. The second kappa shape index (κ2) is 8.53. The van der Waals surface area contributed by atoms with Crippen LogP contribution in [-0.2, 0) is 9.53 Å². The molecule has 0 spiro atoms. The number of carbonyl (C=O) groups is 1. The van der Waals surface area contributed by atoms with Gasteiger partial charge in [0.05, 0.1) is 6.10 Å². The normalized spacial score (nSPS) is 16.4. The van der Waals surface area contributed by atoms with Gasteiger partial charge in [-0.3, -0.25) is 4.79 Å². The number of ether oxygens (including phenoxy) is 3. The van der Waals surface area contributed by atoms with Crippen LogP contribution in [0.2, 0.25) is 0 Å². The number of amides is 1. The van der Waals surface area contributed by atoms with Crippen LogP contribution in [0.5, 0.6) is 17.2 Å². The molecule has 1 aliphatic heterocycles. The molecular formula is C20H23NO4. The van der Waals surface area contributed by atoms with Gasteiger partial charge in [0.1, 0.15) is 17.2 Å². The van der Waals surface area contributed by atoms with E-state index in [1.54, 1.807) is 12.1 Å². The maximum atomic E-state index is 11.8. The topological polar surface area (TPSA) is 56.8 Å². The molecule has 0 aromatic heterocycles. The summed E-state index contributed by atoms with van der Waals surface area (Å²) in [4.78, 5) is 11.8. The van der Waals surface area contributed by atoms with Gasteiger partial charge in [-0.1, -0.05) is 17.7 Å². The summed E-state index contributed by atoms with van der Waals surface area (Å²) < 4.78 is 16.7. The van der Waals surface area contributed by atoms with Crippen molar-refractivity contribution in [3.63, 3.8) is 0 Å². The first-order valence-electron chi connectivity index (χ1n) is 8.55. The van der Waals surface area contributed by atoms with Gasteiger partial charge in [0.25, 0.3) is 5.91 Å². The van der Waals surface area contributed by atoms with Gasteiger partial charge in [0, 0.05) is 13.2 Å². The van der Waals surface area contributed by atoms with E-state index in [1.807, 2.05) is 43.3 Å². The summed E-state index contributed by atoms with van der Waals surface area (Å²) in [5, 5.41) is 2.83. The highest BCUT2D eigenvalue weighted by atomic mass is 16.5. The van der Waals surface area contributed by atoms with Gasteiger partial charge in [0.2, 0.25) is 0 Å². The van der Waals surface area contributed by atoms with E-state index in [0.717, 1.165) is 30.9 Å². The molecule has 1 atom stereocenters. The minimum absolute atomic E-state index is 0.00904.